The number of rotatable bonds is 4. The van der Waals surface area contributed by atoms with E-state index >= 15 is 0 Å². The van der Waals surface area contributed by atoms with E-state index in [1.165, 1.54) is 0 Å². The minimum Gasteiger partial charge on any atom is -0.330 e. The van der Waals surface area contributed by atoms with E-state index in [4.69, 9.17) is 28.9 Å². The van der Waals surface area contributed by atoms with Gasteiger partial charge in [0, 0.05) is 16.1 Å². The third-order valence-electron chi connectivity index (χ3n) is 2.98. The summed E-state index contributed by atoms with van der Waals surface area (Å²) in [4.78, 5) is 4.62. The molecule has 0 aliphatic rings. The molecule has 2 aromatic rings. The molecule has 0 bridgehead atoms. The van der Waals surface area contributed by atoms with E-state index < -0.39 is 0 Å². The maximum Gasteiger partial charge on any atom is 0.0895 e. The summed E-state index contributed by atoms with van der Waals surface area (Å²) >= 11 is 12.2. The molecule has 2 N–H and O–H groups in total. The number of fused-ring (bicyclic) bond motifs is 1. The molecule has 0 spiro atoms. The van der Waals surface area contributed by atoms with Crippen molar-refractivity contribution in [2.75, 3.05) is 6.54 Å². The van der Waals surface area contributed by atoms with Gasteiger partial charge in [-0.3, -0.25) is 4.98 Å². The number of nitrogens with zero attached hydrogens (tertiary/aromatic N) is 1. The lowest BCUT2D eigenvalue weighted by Crippen LogP contribution is -2.00. The molecule has 4 heteroatoms. The topological polar surface area (TPSA) is 38.9 Å². The van der Waals surface area contributed by atoms with Crippen molar-refractivity contribution in [3.05, 3.63) is 39.5 Å². The number of pyridine rings is 1. The molecule has 0 aliphatic carbocycles. The van der Waals surface area contributed by atoms with E-state index in [0.717, 1.165) is 48.0 Å². The summed E-state index contributed by atoms with van der Waals surface area (Å²) in [7, 11) is 0. The summed E-state index contributed by atoms with van der Waals surface area (Å²) in [6, 6.07) is 5.75. The van der Waals surface area contributed by atoms with E-state index in [2.05, 4.69) is 18.0 Å². The first kappa shape index (κ1) is 13.6. The number of hydrogen-bond donors (Lipinski definition) is 1. The van der Waals surface area contributed by atoms with Gasteiger partial charge in [0.1, 0.15) is 0 Å². The number of aryl methyl sites for hydroxylation is 2. The van der Waals surface area contributed by atoms with Crippen molar-refractivity contribution in [2.45, 2.75) is 26.2 Å². The van der Waals surface area contributed by atoms with E-state index in [0.29, 0.717) is 10.0 Å². The van der Waals surface area contributed by atoms with Gasteiger partial charge in [0.25, 0.3) is 0 Å². The highest BCUT2D eigenvalue weighted by Gasteiger charge is 2.07. The Kier molecular flexibility index (Phi) is 4.44. The zero-order valence-corrected chi connectivity index (χ0v) is 11.9. The maximum atomic E-state index is 6.20. The molecule has 0 unspecified atom stereocenters. The lowest BCUT2D eigenvalue weighted by molar-refractivity contribution is 0.734. The van der Waals surface area contributed by atoms with Crippen molar-refractivity contribution in [3.8, 4) is 0 Å². The van der Waals surface area contributed by atoms with Gasteiger partial charge in [-0.05, 0) is 56.5 Å². The number of aromatic nitrogens is 1. The van der Waals surface area contributed by atoms with Crippen LogP contribution in [0.15, 0.2) is 18.2 Å². The van der Waals surface area contributed by atoms with Crippen LogP contribution in [0.5, 0.6) is 0 Å². The van der Waals surface area contributed by atoms with Crippen molar-refractivity contribution >= 4 is 34.1 Å². The molecule has 0 saturated heterocycles. The van der Waals surface area contributed by atoms with E-state index in [9.17, 15) is 0 Å². The SMILES string of the molecule is Cc1cc(CCCCN)nc2c(Cl)cc(Cl)cc12. The van der Waals surface area contributed by atoms with Gasteiger partial charge in [-0.25, -0.2) is 0 Å². The Morgan fingerprint density at radius 1 is 1.17 bits per heavy atom. The molecule has 0 aliphatic heterocycles. The van der Waals surface area contributed by atoms with Crippen LogP contribution in [0.2, 0.25) is 10.0 Å². The fourth-order valence-corrected chi connectivity index (χ4v) is 2.60. The van der Waals surface area contributed by atoms with Crippen LogP contribution in [0.1, 0.15) is 24.1 Å². The van der Waals surface area contributed by atoms with Gasteiger partial charge in [0.2, 0.25) is 0 Å². The van der Waals surface area contributed by atoms with Gasteiger partial charge in [0.15, 0.2) is 0 Å². The molecule has 0 fully saturated rings. The highest BCUT2D eigenvalue weighted by Crippen LogP contribution is 2.29. The van der Waals surface area contributed by atoms with Crippen molar-refractivity contribution < 1.29 is 0 Å². The molecule has 0 amide bonds. The lowest BCUT2D eigenvalue weighted by atomic mass is 10.1. The average molecular weight is 283 g/mol. The minimum absolute atomic E-state index is 0.612. The maximum absolute atomic E-state index is 6.20. The fraction of sp³-hybridized carbons (Fsp3) is 0.357. The molecule has 96 valence electrons. The monoisotopic (exact) mass is 282 g/mol. The first-order valence-electron chi connectivity index (χ1n) is 6.07. The second kappa shape index (κ2) is 5.87. The van der Waals surface area contributed by atoms with E-state index in [1.54, 1.807) is 6.07 Å². The summed E-state index contributed by atoms with van der Waals surface area (Å²) in [5.41, 5.74) is 8.56. The van der Waals surface area contributed by atoms with Crippen molar-refractivity contribution in [3.63, 3.8) is 0 Å². The van der Waals surface area contributed by atoms with E-state index in [-0.39, 0.29) is 0 Å². The molecule has 18 heavy (non-hydrogen) atoms. The molecule has 2 rings (SSSR count). The lowest BCUT2D eigenvalue weighted by Gasteiger charge is -2.08. The zero-order chi connectivity index (χ0) is 13.1. The third-order valence-corrected chi connectivity index (χ3v) is 3.48. The standard InChI is InChI=1S/C14H16Cl2N2/c1-9-6-11(4-2-3-5-17)18-14-12(9)7-10(15)8-13(14)16/h6-8H,2-5,17H2,1H3. The summed E-state index contributed by atoms with van der Waals surface area (Å²) in [6.45, 7) is 2.78. The Labute approximate surface area is 117 Å². The molecule has 0 atom stereocenters. The second-order valence-electron chi connectivity index (χ2n) is 4.46. The van der Waals surface area contributed by atoms with Crippen LogP contribution >= 0.6 is 23.2 Å². The number of unbranched alkanes of at least 4 members (excludes halogenated alkanes) is 1. The van der Waals surface area contributed by atoms with Gasteiger partial charge in [-0.2, -0.15) is 0 Å². The third kappa shape index (κ3) is 2.94. The first-order chi connectivity index (χ1) is 8.61. The smallest absolute Gasteiger partial charge is 0.0895 e. The van der Waals surface area contributed by atoms with Gasteiger partial charge >= 0.3 is 0 Å². The largest absolute Gasteiger partial charge is 0.330 e. The highest BCUT2D eigenvalue weighted by molar-refractivity contribution is 6.38. The van der Waals surface area contributed by atoms with Crippen molar-refractivity contribution in [1.29, 1.82) is 0 Å². The first-order valence-corrected chi connectivity index (χ1v) is 6.82. The summed E-state index contributed by atoms with van der Waals surface area (Å²) < 4.78 is 0. The number of nitrogens with two attached hydrogens (primary N) is 1. The molecule has 1 aromatic heterocycles. The molecule has 1 aromatic carbocycles. The summed E-state index contributed by atoms with van der Waals surface area (Å²) in [6.07, 6.45) is 3.01. The van der Waals surface area contributed by atoms with Crippen LogP contribution in [0.4, 0.5) is 0 Å². The predicted octanol–water partition coefficient (Wildman–Crippen LogP) is 4.13. The molecule has 0 saturated carbocycles. The van der Waals surface area contributed by atoms with Gasteiger partial charge in [-0.15, -0.1) is 0 Å². The Morgan fingerprint density at radius 2 is 1.94 bits per heavy atom. The van der Waals surface area contributed by atoms with Crippen LogP contribution in [0, 0.1) is 6.92 Å². The molecule has 0 radical (unpaired) electrons. The highest BCUT2D eigenvalue weighted by atomic mass is 35.5. The molecular formula is C14H16Cl2N2. The summed E-state index contributed by atoms with van der Waals surface area (Å²) in [5, 5.41) is 2.28. The van der Waals surface area contributed by atoms with Crippen LogP contribution in [0.3, 0.4) is 0 Å². The molecule has 2 nitrogen and oxygen atoms in total. The normalized spacial score (nSPS) is 11.1. The quantitative estimate of drug-likeness (QED) is 0.857. The Balaban J connectivity index is 2.42. The Bertz CT molecular complexity index is 567. The van der Waals surface area contributed by atoms with Crippen LogP contribution in [-0.2, 0) is 6.42 Å². The fourth-order valence-electron chi connectivity index (χ4n) is 2.06. The molecular weight excluding hydrogens is 267 g/mol. The summed E-state index contributed by atoms with van der Waals surface area (Å²) in [5.74, 6) is 0. The van der Waals surface area contributed by atoms with Crippen LogP contribution < -0.4 is 5.73 Å². The van der Waals surface area contributed by atoms with Crippen molar-refractivity contribution in [2.24, 2.45) is 5.73 Å². The minimum atomic E-state index is 0.612. The average Bonchev–Trinajstić information content (AvgIpc) is 2.31. The van der Waals surface area contributed by atoms with Crippen molar-refractivity contribution in [1.82, 2.24) is 4.98 Å². The predicted molar refractivity (Wildman–Crippen MR) is 78.5 cm³/mol. The van der Waals surface area contributed by atoms with E-state index in [1.807, 2.05) is 6.07 Å². The van der Waals surface area contributed by atoms with Gasteiger partial charge < -0.3 is 5.73 Å². The van der Waals surface area contributed by atoms with Gasteiger partial charge in [-0.1, -0.05) is 23.2 Å². The number of benzene rings is 1. The molecule has 1 heterocycles. The van der Waals surface area contributed by atoms with Crippen LogP contribution in [-0.4, -0.2) is 11.5 Å². The number of hydrogen-bond acceptors (Lipinski definition) is 2. The Morgan fingerprint density at radius 3 is 2.67 bits per heavy atom. The second-order valence-corrected chi connectivity index (χ2v) is 5.30. The number of halogens is 2. The zero-order valence-electron chi connectivity index (χ0n) is 10.3. The Hall–Kier alpha value is -0.830. The van der Waals surface area contributed by atoms with Gasteiger partial charge in [0.05, 0.1) is 10.5 Å². The van der Waals surface area contributed by atoms with Crippen LogP contribution in [0.25, 0.3) is 10.9 Å².